The van der Waals surface area contributed by atoms with Gasteiger partial charge in [-0.2, -0.15) is 0 Å². The van der Waals surface area contributed by atoms with Crippen LogP contribution in [0.2, 0.25) is 0 Å². The van der Waals surface area contributed by atoms with E-state index in [1.807, 2.05) is 0 Å². The quantitative estimate of drug-likeness (QED) is 0.511. The molecule has 0 aliphatic heterocycles. The number of anilines is 1. The fourth-order valence-electron chi connectivity index (χ4n) is 2.72. The van der Waals surface area contributed by atoms with Gasteiger partial charge < -0.3 is 15.8 Å². The van der Waals surface area contributed by atoms with Crippen LogP contribution in [-0.4, -0.2) is 24.7 Å². The Hall–Kier alpha value is -1.26. The molecule has 0 spiro atoms. The van der Waals surface area contributed by atoms with Gasteiger partial charge in [0.05, 0.1) is 5.56 Å². The molecule has 4 nitrogen and oxygen atoms in total. The van der Waals surface area contributed by atoms with E-state index in [0.717, 1.165) is 12.8 Å². The number of carbonyl (C=O) groups excluding carboxylic acids is 1. The van der Waals surface area contributed by atoms with Crippen molar-refractivity contribution in [3.8, 4) is 0 Å². The molecule has 0 saturated heterocycles. The van der Waals surface area contributed by atoms with Crippen molar-refractivity contribution < 1.29 is 9.53 Å². The Morgan fingerprint density at radius 1 is 1.04 bits per heavy atom. The van der Waals surface area contributed by atoms with Crippen LogP contribution in [0.4, 0.5) is 5.69 Å². The normalized spacial score (nSPS) is 12.3. The smallest absolute Gasteiger partial charge is 0.338 e. The summed E-state index contributed by atoms with van der Waals surface area (Å²) in [5, 5.41) is 3.60. The van der Waals surface area contributed by atoms with Crippen molar-refractivity contribution in [3.63, 3.8) is 0 Å². The summed E-state index contributed by atoms with van der Waals surface area (Å²) < 4.78 is 5.40. The van der Waals surface area contributed by atoms with E-state index in [-0.39, 0.29) is 24.4 Å². The minimum Gasteiger partial charge on any atom is -0.460 e. The van der Waals surface area contributed by atoms with Gasteiger partial charge in [0.25, 0.3) is 0 Å². The number of rotatable bonds is 9. The van der Waals surface area contributed by atoms with Crippen LogP contribution in [-0.2, 0) is 4.74 Å². The molecular weight excluding hydrogens is 324 g/mol. The second-order valence-electron chi connectivity index (χ2n) is 7.24. The van der Waals surface area contributed by atoms with Crippen molar-refractivity contribution in [2.24, 2.45) is 11.8 Å². The van der Waals surface area contributed by atoms with Crippen LogP contribution in [0.3, 0.4) is 0 Å². The molecule has 3 N–H and O–H groups in total. The van der Waals surface area contributed by atoms with Gasteiger partial charge in [-0.15, -0.1) is 12.4 Å². The average molecular weight is 357 g/mol. The van der Waals surface area contributed by atoms with Gasteiger partial charge in [-0.05, 0) is 55.9 Å². The lowest BCUT2D eigenvalue weighted by atomic mass is 9.95. The molecule has 0 amide bonds. The molecule has 1 unspecified atom stereocenters. The van der Waals surface area contributed by atoms with Crippen LogP contribution in [0, 0.1) is 11.8 Å². The molecule has 1 aromatic rings. The third-order valence-electron chi connectivity index (χ3n) is 3.64. The maximum Gasteiger partial charge on any atom is 0.338 e. The van der Waals surface area contributed by atoms with Gasteiger partial charge in [0.15, 0.2) is 0 Å². The molecule has 0 bridgehead atoms. The lowest BCUT2D eigenvalue weighted by Gasteiger charge is -2.26. The molecule has 138 valence electrons. The van der Waals surface area contributed by atoms with Gasteiger partial charge in [0.1, 0.15) is 6.61 Å². The minimum absolute atomic E-state index is 0. The zero-order chi connectivity index (χ0) is 17.4. The van der Waals surface area contributed by atoms with Crippen LogP contribution in [0.1, 0.15) is 57.8 Å². The lowest BCUT2D eigenvalue weighted by molar-refractivity contribution is 0.0463. The molecule has 0 radical (unpaired) electrons. The van der Waals surface area contributed by atoms with Crippen molar-refractivity contribution in [2.45, 2.75) is 59.5 Å². The first kappa shape index (κ1) is 22.7. The van der Waals surface area contributed by atoms with E-state index in [0.29, 0.717) is 35.7 Å². The van der Waals surface area contributed by atoms with Crippen LogP contribution in [0.5, 0.6) is 0 Å². The van der Waals surface area contributed by atoms with Crippen molar-refractivity contribution in [3.05, 3.63) is 29.8 Å². The predicted molar refractivity (Wildman–Crippen MR) is 104 cm³/mol. The van der Waals surface area contributed by atoms with Crippen LogP contribution >= 0.6 is 12.4 Å². The Morgan fingerprint density at radius 3 is 2.00 bits per heavy atom. The van der Waals surface area contributed by atoms with Crippen molar-refractivity contribution >= 4 is 24.1 Å². The average Bonchev–Trinajstić information content (AvgIpc) is 2.44. The summed E-state index contributed by atoms with van der Waals surface area (Å²) in [7, 11) is 0. The number of hydrogen-bond acceptors (Lipinski definition) is 4. The molecule has 0 saturated carbocycles. The number of benzene rings is 1. The highest BCUT2D eigenvalue weighted by Crippen LogP contribution is 2.14. The Morgan fingerprint density at radius 2 is 1.54 bits per heavy atom. The van der Waals surface area contributed by atoms with Gasteiger partial charge in [0, 0.05) is 17.8 Å². The number of nitrogen functional groups attached to an aromatic ring is 1. The molecule has 24 heavy (non-hydrogen) atoms. The first-order valence-electron chi connectivity index (χ1n) is 8.56. The molecule has 0 aromatic heterocycles. The monoisotopic (exact) mass is 356 g/mol. The zero-order valence-corrected chi connectivity index (χ0v) is 16.4. The van der Waals surface area contributed by atoms with Crippen LogP contribution in [0.25, 0.3) is 0 Å². The Balaban J connectivity index is 0.00000529. The number of nitrogens with two attached hydrogens (primary N) is 1. The molecule has 0 heterocycles. The van der Waals surface area contributed by atoms with Crippen LogP contribution < -0.4 is 11.1 Å². The molecular formula is C19H33ClN2O2. The maximum absolute atomic E-state index is 12.0. The first-order chi connectivity index (χ1) is 10.8. The van der Waals surface area contributed by atoms with E-state index >= 15 is 0 Å². The summed E-state index contributed by atoms with van der Waals surface area (Å²) in [4.78, 5) is 12.0. The Kier molecular flexibility index (Phi) is 10.7. The number of nitrogens with one attached hydrogen (secondary N) is 1. The lowest BCUT2D eigenvalue weighted by Crippen LogP contribution is -2.41. The van der Waals surface area contributed by atoms with Crippen molar-refractivity contribution in [1.29, 1.82) is 0 Å². The molecule has 0 aliphatic carbocycles. The summed E-state index contributed by atoms with van der Waals surface area (Å²) in [6, 6.07) is 7.39. The molecule has 0 fully saturated rings. The van der Waals surface area contributed by atoms with E-state index in [2.05, 4.69) is 39.9 Å². The van der Waals surface area contributed by atoms with Gasteiger partial charge in [-0.1, -0.05) is 27.7 Å². The molecule has 1 rings (SSSR count). The molecule has 0 aliphatic rings. The molecule has 1 aromatic carbocycles. The highest BCUT2D eigenvalue weighted by Gasteiger charge is 2.16. The zero-order valence-electron chi connectivity index (χ0n) is 15.5. The fraction of sp³-hybridized carbons (Fsp3) is 0.632. The first-order valence-corrected chi connectivity index (χ1v) is 8.56. The van der Waals surface area contributed by atoms with E-state index in [9.17, 15) is 4.79 Å². The highest BCUT2D eigenvalue weighted by molar-refractivity contribution is 5.89. The number of ether oxygens (including phenoxy) is 1. The topological polar surface area (TPSA) is 64.3 Å². The number of esters is 1. The number of halogens is 1. The van der Waals surface area contributed by atoms with E-state index in [1.54, 1.807) is 24.3 Å². The standard InChI is InChI=1S/C19H32N2O2.ClH/c1-13(2)10-18(11-14(3)4)21-15(5)12-23-19(22)16-6-8-17(20)9-7-16;/h6-9,13-15,18,21H,10-12,20H2,1-5H3;1H. The summed E-state index contributed by atoms with van der Waals surface area (Å²) >= 11 is 0. The van der Waals surface area contributed by atoms with Gasteiger partial charge >= 0.3 is 5.97 Å². The minimum atomic E-state index is -0.303. The van der Waals surface area contributed by atoms with E-state index < -0.39 is 0 Å². The van der Waals surface area contributed by atoms with Gasteiger partial charge in [0.2, 0.25) is 0 Å². The third kappa shape index (κ3) is 9.14. The fourth-order valence-corrected chi connectivity index (χ4v) is 2.72. The largest absolute Gasteiger partial charge is 0.460 e. The highest BCUT2D eigenvalue weighted by atomic mass is 35.5. The number of carbonyl (C=O) groups is 1. The molecule has 5 heteroatoms. The summed E-state index contributed by atoms with van der Waals surface area (Å²) in [6.07, 6.45) is 2.27. The third-order valence-corrected chi connectivity index (χ3v) is 3.64. The predicted octanol–water partition coefficient (Wildman–Crippen LogP) is 4.29. The second kappa shape index (κ2) is 11.3. The Bertz CT molecular complexity index is 465. The molecule has 1 atom stereocenters. The Labute approximate surface area is 152 Å². The second-order valence-corrected chi connectivity index (χ2v) is 7.24. The van der Waals surface area contributed by atoms with Crippen molar-refractivity contribution in [2.75, 3.05) is 12.3 Å². The van der Waals surface area contributed by atoms with E-state index in [4.69, 9.17) is 10.5 Å². The maximum atomic E-state index is 12.0. The van der Waals surface area contributed by atoms with Gasteiger partial charge in [-0.25, -0.2) is 4.79 Å². The summed E-state index contributed by atoms with van der Waals surface area (Å²) in [5.41, 5.74) is 6.80. The van der Waals surface area contributed by atoms with E-state index in [1.165, 1.54) is 0 Å². The number of hydrogen-bond donors (Lipinski definition) is 2. The summed E-state index contributed by atoms with van der Waals surface area (Å²) in [5.74, 6) is 0.995. The van der Waals surface area contributed by atoms with Crippen LogP contribution in [0.15, 0.2) is 24.3 Å². The van der Waals surface area contributed by atoms with Crippen molar-refractivity contribution in [1.82, 2.24) is 5.32 Å². The van der Waals surface area contributed by atoms with Gasteiger partial charge in [-0.3, -0.25) is 0 Å². The SMILES string of the molecule is CC(C)CC(CC(C)C)NC(C)COC(=O)c1ccc(N)cc1.Cl. The summed E-state index contributed by atoms with van der Waals surface area (Å²) in [6.45, 7) is 11.4.